The maximum Gasteiger partial charge on any atom is 0.330 e. The van der Waals surface area contributed by atoms with E-state index in [4.69, 9.17) is 4.74 Å². The molecule has 0 aliphatic carbocycles. The zero-order valence-corrected chi connectivity index (χ0v) is 20.9. The predicted octanol–water partition coefficient (Wildman–Crippen LogP) is 4.23. The average molecular weight is 485 g/mol. The smallest absolute Gasteiger partial charge is 0.330 e. The lowest BCUT2D eigenvalue weighted by Crippen LogP contribution is -2.41. The van der Waals surface area contributed by atoms with Crippen LogP contribution in [-0.4, -0.2) is 44.3 Å². The van der Waals surface area contributed by atoms with Crippen LogP contribution in [0, 0.1) is 26.7 Å². The van der Waals surface area contributed by atoms with Crippen molar-refractivity contribution >= 4 is 33.7 Å². The summed E-state index contributed by atoms with van der Waals surface area (Å²) in [5.74, 6) is -0.773. The highest BCUT2D eigenvalue weighted by atomic mass is 32.2. The first-order valence-electron chi connectivity index (χ1n) is 11.5. The molecule has 0 saturated carbocycles. The predicted molar refractivity (Wildman–Crippen MR) is 133 cm³/mol. The number of nitrogens with zero attached hydrogens (tertiary/aromatic N) is 1. The number of benzene rings is 2. The highest BCUT2D eigenvalue weighted by Crippen LogP contribution is 2.29. The standard InChI is InChI=1S/C26H32N2O5S/c1-5-33-24(29)11-8-21-6-9-23(10-7-21)27-26(30)22-12-14-28(15-13-22)34(31,32)25-19(3)16-18(2)17-20(25)4/h6-11,16-17,22H,5,12-15H2,1-4H3,(H,27,30)/b11-8+. The van der Waals surface area contributed by atoms with Gasteiger partial charge in [-0.2, -0.15) is 4.31 Å². The van der Waals surface area contributed by atoms with Gasteiger partial charge in [0.25, 0.3) is 0 Å². The fourth-order valence-electron chi connectivity index (χ4n) is 4.34. The third-order valence-electron chi connectivity index (χ3n) is 5.90. The molecule has 1 aliphatic rings. The van der Waals surface area contributed by atoms with Crippen LogP contribution in [0.3, 0.4) is 0 Å². The lowest BCUT2D eigenvalue weighted by Gasteiger charge is -2.31. The van der Waals surface area contributed by atoms with Crippen molar-refractivity contribution in [3.8, 4) is 0 Å². The second-order valence-electron chi connectivity index (χ2n) is 8.60. The molecule has 2 aromatic rings. The van der Waals surface area contributed by atoms with Crippen LogP contribution in [0.5, 0.6) is 0 Å². The summed E-state index contributed by atoms with van der Waals surface area (Å²) in [5, 5.41) is 2.91. The molecule has 0 atom stereocenters. The molecule has 8 heteroatoms. The van der Waals surface area contributed by atoms with Crippen LogP contribution in [0.1, 0.15) is 42.0 Å². The zero-order chi connectivity index (χ0) is 24.9. The van der Waals surface area contributed by atoms with Gasteiger partial charge in [0.2, 0.25) is 15.9 Å². The summed E-state index contributed by atoms with van der Waals surface area (Å²) >= 11 is 0. The summed E-state index contributed by atoms with van der Waals surface area (Å²) in [6.07, 6.45) is 3.94. The number of hydrogen-bond acceptors (Lipinski definition) is 5. The molecule has 1 heterocycles. The van der Waals surface area contributed by atoms with Crippen LogP contribution < -0.4 is 5.32 Å². The molecule has 0 bridgehead atoms. The molecule has 1 amide bonds. The largest absolute Gasteiger partial charge is 0.463 e. The number of sulfonamides is 1. The first kappa shape index (κ1) is 25.6. The fraction of sp³-hybridized carbons (Fsp3) is 0.385. The summed E-state index contributed by atoms with van der Waals surface area (Å²) in [7, 11) is -3.61. The Kier molecular flexibility index (Phi) is 8.28. The number of amides is 1. The third kappa shape index (κ3) is 6.12. The van der Waals surface area contributed by atoms with E-state index in [1.165, 1.54) is 10.4 Å². The molecule has 3 rings (SSSR count). The second-order valence-corrected chi connectivity index (χ2v) is 10.5. The Hall–Kier alpha value is -2.97. The minimum Gasteiger partial charge on any atom is -0.463 e. The summed E-state index contributed by atoms with van der Waals surface area (Å²) in [4.78, 5) is 24.5. The maximum atomic E-state index is 13.3. The number of carbonyl (C=O) groups is 2. The van der Waals surface area contributed by atoms with E-state index in [9.17, 15) is 18.0 Å². The number of aryl methyl sites for hydroxylation is 3. The van der Waals surface area contributed by atoms with Crippen LogP contribution in [-0.2, 0) is 24.3 Å². The van der Waals surface area contributed by atoms with Gasteiger partial charge in [-0.05, 0) is 75.4 Å². The van der Waals surface area contributed by atoms with Crippen LogP contribution >= 0.6 is 0 Å². The molecule has 1 fully saturated rings. The third-order valence-corrected chi connectivity index (χ3v) is 8.11. The molecule has 0 radical (unpaired) electrons. The number of anilines is 1. The van der Waals surface area contributed by atoms with Crippen molar-refractivity contribution in [2.24, 2.45) is 5.92 Å². The van der Waals surface area contributed by atoms with E-state index in [1.807, 2.05) is 32.9 Å². The Morgan fingerprint density at radius 1 is 1.06 bits per heavy atom. The van der Waals surface area contributed by atoms with Crippen molar-refractivity contribution in [3.63, 3.8) is 0 Å². The molecule has 7 nitrogen and oxygen atoms in total. The molecule has 1 aliphatic heterocycles. The normalized spacial score (nSPS) is 15.4. The number of esters is 1. The van der Waals surface area contributed by atoms with Crippen molar-refractivity contribution in [1.82, 2.24) is 4.31 Å². The van der Waals surface area contributed by atoms with Crippen LogP contribution in [0.2, 0.25) is 0 Å². The molecule has 1 saturated heterocycles. The molecule has 1 N–H and O–H groups in total. The number of carbonyl (C=O) groups excluding carboxylic acids is 2. The summed E-state index contributed by atoms with van der Waals surface area (Å²) in [5.41, 5.74) is 3.99. The van der Waals surface area contributed by atoms with Gasteiger partial charge in [0.1, 0.15) is 0 Å². The van der Waals surface area contributed by atoms with Gasteiger partial charge in [-0.3, -0.25) is 4.79 Å². The van der Waals surface area contributed by atoms with Crippen LogP contribution in [0.15, 0.2) is 47.4 Å². The highest BCUT2D eigenvalue weighted by molar-refractivity contribution is 7.89. The van der Waals surface area contributed by atoms with Gasteiger partial charge in [0.15, 0.2) is 0 Å². The van der Waals surface area contributed by atoms with E-state index in [1.54, 1.807) is 37.3 Å². The van der Waals surface area contributed by atoms with E-state index < -0.39 is 16.0 Å². The van der Waals surface area contributed by atoms with Crippen molar-refractivity contribution in [1.29, 1.82) is 0 Å². The zero-order valence-electron chi connectivity index (χ0n) is 20.1. The van der Waals surface area contributed by atoms with E-state index in [2.05, 4.69) is 5.32 Å². The Labute approximate surface area is 201 Å². The molecule has 34 heavy (non-hydrogen) atoms. The Morgan fingerprint density at radius 3 is 2.21 bits per heavy atom. The minimum atomic E-state index is -3.61. The lowest BCUT2D eigenvalue weighted by atomic mass is 9.97. The number of hydrogen-bond donors (Lipinski definition) is 1. The lowest BCUT2D eigenvalue weighted by molar-refractivity contribution is -0.137. The van der Waals surface area contributed by atoms with Gasteiger partial charge >= 0.3 is 5.97 Å². The van der Waals surface area contributed by atoms with Crippen molar-refractivity contribution in [3.05, 3.63) is 64.7 Å². The van der Waals surface area contributed by atoms with Gasteiger partial charge in [-0.1, -0.05) is 29.8 Å². The van der Waals surface area contributed by atoms with Crippen LogP contribution in [0.4, 0.5) is 5.69 Å². The van der Waals surface area contributed by atoms with Crippen molar-refractivity contribution in [2.45, 2.75) is 45.4 Å². The Morgan fingerprint density at radius 2 is 1.65 bits per heavy atom. The fourth-order valence-corrected chi connectivity index (χ4v) is 6.22. The Bertz CT molecular complexity index is 1160. The maximum absolute atomic E-state index is 13.3. The van der Waals surface area contributed by atoms with Gasteiger partial charge < -0.3 is 10.1 Å². The molecule has 0 unspecified atom stereocenters. The molecule has 0 aromatic heterocycles. The minimum absolute atomic E-state index is 0.116. The molecular weight excluding hydrogens is 452 g/mol. The quantitative estimate of drug-likeness (QED) is 0.469. The van der Waals surface area contributed by atoms with Gasteiger partial charge in [-0.15, -0.1) is 0 Å². The van der Waals surface area contributed by atoms with Crippen molar-refractivity contribution in [2.75, 3.05) is 25.0 Å². The second kappa shape index (κ2) is 11.0. The average Bonchev–Trinajstić information content (AvgIpc) is 2.78. The van der Waals surface area contributed by atoms with E-state index >= 15 is 0 Å². The summed E-state index contributed by atoms with van der Waals surface area (Å²) < 4.78 is 32.9. The van der Waals surface area contributed by atoms with E-state index in [0.717, 1.165) is 22.3 Å². The van der Waals surface area contributed by atoms with Gasteiger partial charge in [-0.25, -0.2) is 13.2 Å². The number of rotatable bonds is 7. The van der Waals surface area contributed by atoms with Crippen LogP contribution in [0.25, 0.3) is 6.08 Å². The molecule has 0 spiro atoms. The summed E-state index contributed by atoms with van der Waals surface area (Å²) in [6, 6.07) is 10.9. The van der Waals surface area contributed by atoms with E-state index in [-0.39, 0.29) is 11.8 Å². The topological polar surface area (TPSA) is 92.8 Å². The van der Waals surface area contributed by atoms with E-state index in [0.29, 0.717) is 43.1 Å². The monoisotopic (exact) mass is 484 g/mol. The number of ether oxygens (including phenoxy) is 1. The van der Waals surface area contributed by atoms with Crippen molar-refractivity contribution < 1.29 is 22.7 Å². The molecule has 182 valence electrons. The number of piperidine rings is 1. The Balaban J connectivity index is 1.58. The first-order valence-corrected chi connectivity index (χ1v) is 12.9. The summed E-state index contributed by atoms with van der Waals surface area (Å²) in [6.45, 7) is 8.29. The van der Waals surface area contributed by atoms with Gasteiger partial charge in [0, 0.05) is 30.8 Å². The molecular formula is C26H32N2O5S. The first-order chi connectivity index (χ1) is 16.1. The highest BCUT2D eigenvalue weighted by Gasteiger charge is 2.33. The molecule has 2 aromatic carbocycles. The SMILES string of the molecule is CCOC(=O)/C=C/c1ccc(NC(=O)C2CCN(S(=O)(=O)c3c(C)cc(C)cc3C)CC2)cc1. The van der Waals surface area contributed by atoms with Gasteiger partial charge in [0.05, 0.1) is 11.5 Å². The number of nitrogens with one attached hydrogen (secondary N) is 1.